The maximum Gasteiger partial charge on any atom is 0.413 e. The third kappa shape index (κ3) is 12.8. The second-order valence-electron chi connectivity index (χ2n) is 16.7. The van der Waals surface area contributed by atoms with Gasteiger partial charge in [0.05, 0.1) is 24.5 Å². The van der Waals surface area contributed by atoms with Crippen molar-refractivity contribution in [1.29, 1.82) is 0 Å². The van der Waals surface area contributed by atoms with Gasteiger partial charge in [-0.05, 0) is 65.6 Å². The zero-order chi connectivity index (χ0) is 44.5. The molecule has 0 radical (unpaired) electrons. The van der Waals surface area contributed by atoms with E-state index in [1.807, 2.05) is 60.7 Å². The molecule has 0 bridgehead atoms. The predicted molar refractivity (Wildman–Crippen MR) is 227 cm³/mol. The van der Waals surface area contributed by atoms with Gasteiger partial charge in [0.1, 0.15) is 22.9 Å². The van der Waals surface area contributed by atoms with Crippen LogP contribution in [0, 0.1) is 0 Å². The molecule has 6 rings (SSSR count). The van der Waals surface area contributed by atoms with Crippen molar-refractivity contribution < 1.29 is 43.0 Å². The molecule has 0 unspecified atom stereocenters. The average Bonchev–Trinajstić information content (AvgIpc) is 3.64. The van der Waals surface area contributed by atoms with Gasteiger partial charge in [0, 0.05) is 31.3 Å². The fourth-order valence-corrected chi connectivity index (χ4v) is 6.68. The Kier molecular flexibility index (Phi) is 14.2. The molecule has 2 atom stereocenters. The molecular weight excluding hydrogens is 821 g/mol. The number of carbonyl (C=O) groups is 5. The molecule has 0 spiro atoms. The number of aromatic nitrogens is 4. The molecule has 2 aromatic heterocycles. The fraction of sp³-hybridized carbons (Fsp3) is 0.452. The second kappa shape index (κ2) is 19.5. The number of oxime groups is 1. The smallest absolute Gasteiger partial charge is 0.413 e. The first-order valence-electron chi connectivity index (χ1n) is 20.2. The molecule has 4 amide bonds. The largest absolute Gasteiger partial charge is 0.450 e. The molecule has 1 saturated carbocycles. The lowest BCUT2D eigenvalue weighted by molar-refractivity contribution is -0.164. The Bertz CT molecular complexity index is 2190. The van der Waals surface area contributed by atoms with Crippen LogP contribution in [-0.2, 0) is 46.5 Å². The Hall–Kier alpha value is -6.41. The van der Waals surface area contributed by atoms with Gasteiger partial charge in [-0.2, -0.15) is 15.0 Å². The highest BCUT2D eigenvalue weighted by Gasteiger charge is 2.56. The van der Waals surface area contributed by atoms with E-state index in [2.05, 4.69) is 46.9 Å². The van der Waals surface area contributed by atoms with Gasteiger partial charge in [0.15, 0.2) is 16.9 Å². The molecular formula is C42H52N10O9S. The molecule has 330 valence electrons. The summed E-state index contributed by atoms with van der Waals surface area (Å²) in [7, 11) is 0. The molecule has 20 heteroatoms. The number of benzene rings is 2. The van der Waals surface area contributed by atoms with E-state index in [9.17, 15) is 24.0 Å². The number of anilines is 1. The van der Waals surface area contributed by atoms with Gasteiger partial charge in [-0.25, -0.2) is 19.4 Å². The van der Waals surface area contributed by atoms with Crippen molar-refractivity contribution in [2.45, 2.75) is 109 Å². The van der Waals surface area contributed by atoms with Crippen LogP contribution in [0.25, 0.3) is 0 Å². The first kappa shape index (κ1) is 45.1. The van der Waals surface area contributed by atoms with Crippen LogP contribution in [0.3, 0.4) is 0 Å². The number of amides is 4. The molecule has 2 fully saturated rings. The van der Waals surface area contributed by atoms with Crippen molar-refractivity contribution in [3.05, 3.63) is 94.8 Å². The number of rotatable bonds is 18. The summed E-state index contributed by atoms with van der Waals surface area (Å²) in [4.78, 5) is 76.7. The Labute approximate surface area is 362 Å². The monoisotopic (exact) mass is 872 g/mol. The zero-order valence-electron chi connectivity index (χ0n) is 35.4. The fourth-order valence-electron chi connectivity index (χ4n) is 5.99. The summed E-state index contributed by atoms with van der Waals surface area (Å²) in [5.41, 5.74) is -0.993. The Morgan fingerprint density at radius 1 is 0.935 bits per heavy atom. The number of nitrogens with zero attached hydrogens (tertiary/aromatic N) is 5. The Morgan fingerprint density at radius 3 is 2.19 bits per heavy atom. The molecule has 2 aromatic carbocycles. The summed E-state index contributed by atoms with van der Waals surface area (Å²) in [6, 6.07) is 17.0. The van der Waals surface area contributed by atoms with Crippen LogP contribution in [0.2, 0.25) is 0 Å². The van der Waals surface area contributed by atoms with E-state index in [0.29, 0.717) is 31.7 Å². The third-order valence-corrected chi connectivity index (χ3v) is 9.89. The van der Waals surface area contributed by atoms with Gasteiger partial charge in [-0.3, -0.25) is 14.9 Å². The molecule has 1 saturated heterocycles. The first-order chi connectivity index (χ1) is 29.5. The summed E-state index contributed by atoms with van der Waals surface area (Å²) in [5.74, 6) is -1.93. The standard InChI is InChI=1S/C42H52N10O9S/c1-40(2,3)59-38(56)44-21-13-20-43-22-28-23-45-52(50-28)24-29-31(34(53)46-29)48-35(54)32(30-25-62-37(47-30)49-39(57)60-41(4,5)6)51-61-42(18-19-42)36(55)58-33(26-14-9-7-10-15-26)27-16-11-8-12-17-27/h7-12,14-17,23,25,29,31,33,43H,13,18-22,24H2,1-6H3,(H,44,56)(H,46,53)(H,48,54)(H,47,49,57)/b51-32-/t29-,31+/m1/s1. The van der Waals surface area contributed by atoms with Crippen LogP contribution >= 0.6 is 11.3 Å². The average molecular weight is 873 g/mol. The van der Waals surface area contributed by atoms with Crippen LogP contribution in [0.15, 0.2) is 77.4 Å². The summed E-state index contributed by atoms with van der Waals surface area (Å²) < 4.78 is 16.6. The van der Waals surface area contributed by atoms with Crippen LogP contribution < -0.4 is 26.6 Å². The molecule has 1 aliphatic heterocycles. The van der Waals surface area contributed by atoms with Gasteiger partial charge in [-0.15, -0.1) is 11.3 Å². The zero-order valence-corrected chi connectivity index (χ0v) is 36.2. The van der Waals surface area contributed by atoms with Crippen molar-refractivity contribution in [2.24, 2.45) is 5.16 Å². The molecule has 4 aromatic rings. The number of hydrogen-bond acceptors (Lipinski definition) is 15. The van der Waals surface area contributed by atoms with Gasteiger partial charge < -0.3 is 40.3 Å². The first-order valence-corrected chi connectivity index (χ1v) is 21.1. The maximum atomic E-state index is 14.0. The minimum Gasteiger partial charge on any atom is -0.450 e. The van der Waals surface area contributed by atoms with Crippen molar-refractivity contribution in [3.63, 3.8) is 0 Å². The molecule has 5 N–H and O–H groups in total. The third-order valence-electron chi connectivity index (χ3n) is 9.13. The minimum absolute atomic E-state index is 0.0111. The van der Waals surface area contributed by atoms with Crippen LogP contribution in [0.4, 0.5) is 14.7 Å². The Morgan fingerprint density at radius 2 is 1.58 bits per heavy atom. The quantitative estimate of drug-likeness (QED) is 0.0234. The van der Waals surface area contributed by atoms with Gasteiger partial charge in [-0.1, -0.05) is 65.8 Å². The SMILES string of the molecule is CC(C)(C)OC(=O)NCCCNCc1cnn(C[C@H]2NC(=O)[C@H]2NC(=O)/C(=N\OC2(C(=O)OC(c3ccccc3)c3ccccc3)CC2)c2csc(NC(=O)OC(C)(C)C)n2)n1. The van der Waals surface area contributed by atoms with E-state index in [1.165, 1.54) is 10.2 Å². The molecule has 2 aliphatic rings. The van der Waals surface area contributed by atoms with Crippen molar-refractivity contribution >= 4 is 52.2 Å². The number of alkyl carbamates (subject to hydrolysis) is 1. The molecule has 19 nitrogen and oxygen atoms in total. The number of hydrogen-bond donors (Lipinski definition) is 5. The van der Waals surface area contributed by atoms with Crippen LogP contribution in [-0.4, -0.2) is 97.6 Å². The van der Waals surface area contributed by atoms with Crippen molar-refractivity contribution in [3.8, 4) is 0 Å². The lowest BCUT2D eigenvalue weighted by Crippen LogP contribution is -2.70. The van der Waals surface area contributed by atoms with E-state index in [0.717, 1.165) is 22.5 Å². The molecule has 1 aliphatic carbocycles. The van der Waals surface area contributed by atoms with Crippen molar-refractivity contribution in [1.82, 2.24) is 41.2 Å². The molecule has 3 heterocycles. The summed E-state index contributed by atoms with van der Waals surface area (Å²) in [6.07, 6.45) is 0.843. The Balaban J connectivity index is 1.11. The van der Waals surface area contributed by atoms with E-state index >= 15 is 0 Å². The van der Waals surface area contributed by atoms with Crippen molar-refractivity contribution in [2.75, 3.05) is 18.4 Å². The van der Waals surface area contributed by atoms with E-state index in [1.54, 1.807) is 47.7 Å². The summed E-state index contributed by atoms with van der Waals surface area (Å²) in [5, 5.41) is 28.5. The highest BCUT2D eigenvalue weighted by atomic mass is 32.1. The lowest BCUT2D eigenvalue weighted by Gasteiger charge is -2.36. The minimum atomic E-state index is -1.48. The number of nitrogens with one attached hydrogen (secondary N) is 5. The summed E-state index contributed by atoms with van der Waals surface area (Å²) in [6.45, 7) is 12.1. The number of β-lactam (4-membered cyclic amide) rings is 1. The normalized spacial score (nSPS) is 17.0. The highest BCUT2D eigenvalue weighted by Crippen LogP contribution is 2.43. The van der Waals surface area contributed by atoms with Crippen LogP contribution in [0.1, 0.15) is 89.4 Å². The highest BCUT2D eigenvalue weighted by molar-refractivity contribution is 7.14. The number of carbonyl (C=O) groups excluding carboxylic acids is 5. The number of ether oxygens (including phenoxy) is 3. The second-order valence-corrected chi connectivity index (χ2v) is 17.6. The van der Waals surface area contributed by atoms with Gasteiger partial charge in [0.25, 0.3) is 5.91 Å². The van der Waals surface area contributed by atoms with Gasteiger partial charge in [0.2, 0.25) is 11.5 Å². The maximum absolute atomic E-state index is 14.0. The van der Waals surface area contributed by atoms with Gasteiger partial charge >= 0.3 is 18.2 Å². The topological polar surface area (TPSA) is 238 Å². The summed E-state index contributed by atoms with van der Waals surface area (Å²) >= 11 is 1.01. The van der Waals surface area contributed by atoms with Crippen LogP contribution in [0.5, 0.6) is 0 Å². The molecule has 62 heavy (non-hydrogen) atoms. The lowest BCUT2D eigenvalue weighted by atomic mass is 9.98. The van der Waals surface area contributed by atoms with E-state index in [-0.39, 0.29) is 35.9 Å². The number of esters is 1. The van der Waals surface area contributed by atoms with E-state index < -0.39 is 65.0 Å². The van der Waals surface area contributed by atoms with E-state index in [4.69, 9.17) is 19.0 Å². The predicted octanol–water partition coefficient (Wildman–Crippen LogP) is 4.36. The number of thiazole rings is 1.